The van der Waals surface area contributed by atoms with Gasteiger partial charge in [0.2, 0.25) is 0 Å². The fraction of sp³-hybridized carbons (Fsp3) is 0. The zero-order valence-corrected chi connectivity index (χ0v) is 7.29. The van der Waals surface area contributed by atoms with Crippen molar-refractivity contribution in [2.75, 3.05) is 0 Å². The lowest BCUT2D eigenvalue weighted by Crippen LogP contribution is -2.25. The number of benzene rings is 1. The summed E-state index contributed by atoms with van der Waals surface area (Å²) in [7, 11) is 0. The van der Waals surface area contributed by atoms with Gasteiger partial charge >= 0.3 is 0 Å². The summed E-state index contributed by atoms with van der Waals surface area (Å²) in [6.45, 7) is 0. The molecule has 2 rings (SSSR count). The maximum Gasteiger partial charge on any atom is 0.170 e. The molecule has 0 atom stereocenters. The number of fused-ring (bicyclic) bond motifs is 1. The van der Waals surface area contributed by atoms with Crippen LogP contribution >= 0.6 is 0 Å². The fourth-order valence-electron chi connectivity index (χ4n) is 1.24. The topological polar surface area (TPSA) is 52.9 Å². The largest absolute Gasteiger partial charge is 0.296 e. The van der Waals surface area contributed by atoms with E-state index in [1.807, 2.05) is 18.2 Å². The first-order valence-corrected chi connectivity index (χ1v) is 4.09. The van der Waals surface area contributed by atoms with Gasteiger partial charge in [-0.3, -0.25) is 10.0 Å². The molecule has 1 aromatic rings. The van der Waals surface area contributed by atoms with Crippen LogP contribution in [0.3, 0.4) is 0 Å². The third-order valence-corrected chi connectivity index (χ3v) is 1.84. The van der Waals surface area contributed by atoms with Crippen molar-refractivity contribution in [3.05, 3.63) is 46.7 Å². The van der Waals surface area contributed by atoms with Gasteiger partial charge in [0, 0.05) is 11.4 Å². The molecule has 1 N–H and O–H groups in total. The summed E-state index contributed by atoms with van der Waals surface area (Å²) in [6.07, 6.45) is 3.35. The number of carbonyl (C=O) groups is 1. The van der Waals surface area contributed by atoms with Gasteiger partial charge in [-0.05, 0) is 6.07 Å². The van der Waals surface area contributed by atoms with Gasteiger partial charge in [0.15, 0.2) is 6.29 Å². The number of allylic oxidation sites excluding steroid dienone is 1. The Kier molecular flexibility index (Phi) is 2.12. The van der Waals surface area contributed by atoms with Crippen LogP contribution in [0.1, 0.15) is 0 Å². The van der Waals surface area contributed by atoms with Gasteiger partial charge in [0.25, 0.3) is 0 Å². The van der Waals surface area contributed by atoms with Gasteiger partial charge in [0.1, 0.15) is 5.70 Å². The molecule has 0 aliphatic carbocycles. The molecule has 1 aliphatic rings. The average Bonchev–Trinajstić information content (AvgIpc) is 2.35. The number of hydrogen-bond donors (Lipinski definition) is 1. The highest BCUT2D eigenvalue weighted by Gasteiger charge is 2.00. The molecule has 14 heavy (non-hydrogen) atoms. The maximum atomic E-state index is 10.6. The molecule has 1 aromatic carbocycles. The Morgan fingerprint density at radius 2 is 2.07 bits per heavy atom. The summed E-state index contributed by atoms with van der Waals surface area (Å²) in [6, 6.07) is 7.25. The van der Waals surface area contributed by atoms with Crippen LogP contribution in [0.5, 0.6) is 0 Å². The summed E-state index contributed by atoms with van der Waals surface area (Å²) in [4.78, 5) is 14.6. The first-order valence-electron chi connectivity index (χ1n) is 4.09. The van der Waals surface area contributed by atoms with Crippen LogP contribution in [0.25, 0.3) is 6.20 Å². The highest BCUT2D eigenvalue weighted by atomic mass is 16.5. The van der Waals surface area contributed by atoms with E-state index in [1.54, 1.807) is 6.07 Å². The fourth-order valence-corrected chi connectivity index (χ4v) is 1.24. The van der Waals surface area contributed by atoms with Crippen LogP contribution in [0.2, 0.25) is 0 Å². The second-order valence-corrected chi connectivity index (χ2v) is 2.85. The van der Waals surface area contributed by atoms with E-state index in [4.69, 9.17) is 0 Å². The van der Waals surface area contributed by atoms with Crippen molar-refractivity contribution in [1.29, 1.82) is 0 Å². The smallest absolute Gasteiger partial charge is 0.170 e. The van der Waals surface area contributed by atoms with Gasteiger partial charge in [-0.25, -0.2) is 10.1 Å². The molecule has 0 aromatic heterocycles. The van der Waals surface area contributed by atoms with E-state index >= 15 is 0 Å². The molecule has 70 valence electrons. The van der Waals surface area contributed by atoms with Crippen LogP contribution in [0.4, 0.5) is 0 Å². The molecule has 0 fully saturated rings. The van der Waals surface area contributed by atoms with E-state index < -0.39 is 0 Å². The molecule has 4 heteroatoms. The Morgan fingerprint density at radius 1 is 1.29 bits per heavy atom. The standard InChI is InChI=1S/C10H8N2O2/c13-7-9-6-12(14)5-8-3-1-2-4-10(8)11-9/h1-7,14H. The second kappa shape index (κ2) is 3.43. The number of hydroxylamine groups is 2. The van der Waals surface area contributed by atoms with Crippen molar-refractivity contribution in [3.8, 4) is 0 Å². The van der Waals surface area contributed by atoms with Gasteiger partial charge in [-0.2, -0.15) is 0 Å². The first kappa shape index (κ1) is 8.65. The van der Waals surface area contributed by atoms with Crippen LogP contribution in [0, 0.1) is 0 Å². The average molecular weight is 188 g/mol. The molecule has 0 spiro atoms. The third kappa shape index (κ3) is 1.55. The van der Waals surface area contributed by atoms with Crippen molar-refractivity contribution in [2.45, 2.75) is 0 Å². The van der Waals surface area contributed by atoms with Gasteiger partial charge in [-0.1, -0.05) is 18.2 Å². The molecule has 0 saturated carbocycles. The highest BCUT2D eigenvalue weighted by molar-refractivity contribution is 5.72. The summed E-state index contributed by atoms with van der Waals surface area (Å²) < 4.78 is 0. The van der Waals surface area contributed by atoms with Gasteiger partial charge in [-0.15, -0.1) is 0 Å². The number of nitrogens with zero attached hydrogens (tertiary/aromatic N) is 2. The molecular weight excluding hydrogens is 180 g/mol. The Labute approximate surface area is 80.1 Å². The summed E-state index contributed by atoms with van der Waals surface area (Å²) in [5.74, 6) is 0. The lowest BCUT2D eigenvalue weighted by Gasteiger charge is -2.02. The van der Waals surface area contributed by atoms with Crippen LogP contribution in [0.15, 0.2) is 41.2 Å². The summed E-state index contributed by atoms with van der Waals surface area (Å²) in [5, 5.41) is 11.6. The summed E-state index contributed by atoms with van der Waals surface area (Å²) in [5.41, 5.74) is 0.189. The normalized spacial score (nSPS) is 14.4. The zero-order valence-electron chi connectivity index (χ0n) is 7.29. The zero-order chi connectivity index (χ0) is 9.97. The summed E-state index contributed by atoms with van der Waals surface area (Å²) >= 11 is 0. The number of hydrogen-bond acceptors (Lipinski definition) is 4. The van der Waals surface area contributed by atoms with Gasteiger partial charge < -0.3 is 0 Å². The first-order chi connectivity index (χ1) is 6.79. The molecule has 0 bridgehead atoms. The maximum absolute atomic E-state index is 10.6. The van der Waals surface area contributed by atoms with Crippen molar-refractivity contribution in [1.82, 2.24) is 5.06 Å². The highest BCUT2D eigenvalue weighted by Crippen LogP contribution is 1.96. The lowest BCUT2D eigenvalue weighted by atomic mass is 10.3. The van der Waals surface area contributed by atoms with E-state index in [9.17, 15) is 10.0 Å². The van der Waals surface area contributed by atoms with E-state index in [-0.39, 0.29) is 5.70 Å². The molecule has 1 heterocycles. The predicted molar refractivity (Wildman–Crippen MR) is 49.5 cm³/mol. The third-order valence-electron chi connectivity index (χ3n) is 1.84. The molecule has 0 saturated heterocycles. The molecule has 0 unspecified atom stereocenters. The minimum Gasteiger partial charge on any atom is -0.296 e. The van der Waals surface area contributed by atoms with Crippen molar-refractivity contribution in [2.24, 2.45) is 4.99 Å². The number of carbonyl (C=O) groups excluding carboxylic acids is 1. The molecule has 1 aliphatic heterocycles. The molecule has 0 amide bonds. The Hall–Kier alpha value is -1.94. The molecule has 4 nitrogen and oxygen atoms in total. The predicted octanol–water partition coefficient (Wildman–Crippen LogP) is -0.211. The quantitative estimate of drug-likeness (QED) is 0.620. The van der Waals surface area contributed by atoms with Gasteiger partial charge in [0.05, 0.1) is 11.6 Å². The molecular formula is C10H8N2O2. The van der Waals surface area contributed by atoms with E-state index in [0.717, 1.165) is 10.3 Å². The SMILES string of the molecule is O=CC1=CN(O)C=c2ccccc2=N1. The van der Waals surface area contributed by atoms with Crippen molar-refractivity contribution < 1.29 is 10.0 Å². The Morgan fingerprint density at radius 3 is 2.86 bits per heavy atom. The van der Waals surface area contributed by atoms with Crippen LogP contribution in [-0.4, -0.2) is 16.6 Å². The minimum absolute atomic E-state index is 0.189. The monoisotopic (exact) mass is 188 g/mol. The molecule has 0 radical (unpaired) electrons. The van der Waals surface area contributed by atoms with Crippen molar-refractivity contribution in [3.63, 3.8) is 0 Å². The minimum atomic E-state index is 0.189. The second-order valence-electron chi connectivity index (χ2n) is 2.85. The Balaban J connectivity index is 2.73. The van der Waals surface area contributed by atoms with E-state index in [1.165, 1.54) is 12.4 Å². The lowest BCUT2D eigenvalue weighted by molar-refractivity contribution is -0.105. The number of aldehydes is 1. The van der Waals surface area contributed by atoms with E-state index in [0.29, 0.717) is 11.6 Å². The Bertz CT molecular complexity index is 505. The number of rotatable bonds is 1. The van der Waals surface area contributed by atoms with Crippen molar-refractivity contribution >= 4 is 12.5 Å². The van der Waals surface area contributed by atoms with E-state index in [2.05, 4.69) is 4.99 Å². The number of para-hydroxylation sites is 1. The van der Waals surface area contributed by atoms with Crippen LogP contribution < -0.4 is 10.6 Å². The van der Waals surface area contributed by atoms with Crippen LogP contribution in [-0.2, 0) is 4.79 Å².